The summed E-state index contributed by atoms with van der Waals surface area (Å²) in [7, 11) is 0. The molecule has 15 heteroatoms. The highest BCUT2D eigenvalue weighted by Crippen LogP contribution is 2.75. The van der Waals surface area contributed by atoms with Gasteiger partial charge in [0.1, 0.15) is 35.6 Å². The van der Waals surface area contributed by atoms with Gasteiger partial charge in [0.2, 0.25) is 0 Å². The molecule has 5 aliphatic rings. The minimum Gasteiger partial charge on any atom is -0.456 e. The lowest BCUT2D eigenvalue weighted by Gasteiger charge is -2.65. The van der Waals surface area contributed by atoms with E-state index in [1.54, 1.807) is 102 Å². The first kappa shape index (κ1) is 43.3. The summed E-state index contributed by atoms with van der Waals surface area (Å²) in [5.41, 5.74) is -6.23. The molecule has 7 rings (SSSR count). The van der Waals surface area contributed by atoms with Crippen molar-refractivity contribution < 1.29 is 67.7 Å². The van der Waals surface area contributed by atoms with Crippen molar-refractivity contribution in [3.63, 3.8) is 0 Å². The Kier molecular flexibility index (Phi) is 11.0. The van der Waals surface area contributed by atoms with Gasteiger partial charge in [0, 0.05) is 31.1 Å². The minimum absolute atomic E-state index is 0.130. The van der Waals surface area contributed by atoms with E-state index < -0.39 is 113 Å². The van der Waals surface area contributed by atoms with Crippen LogP contribution in [0.3, 0.4) is 0 Å². The maximum atomic E-state index is 14.3. The van der Waals surface area contributed by atoms with Crippen LogP contribution in [0, 0.1) is 22.7 Å². The molecule has 1 aliphatic heterocycles. The van der Waals surface area contributed by atoms with Crippen LogP contribution in [-0.4, -0.2) is 105 Å². The summed E-state index contributed by atoms with van der Waals surface area (Å²) in [5, 5.41) is 40.8. The Hall–Kier alpha value is -4.83. The number of carbonyl (C=O) groups is 5. The van der Waals surface area contributed by atoms with Gasteiger partial charge in [-0.3, -0.25) is 9.59 Å². The number of aliphatic hydroxyl groups is 3. The van der Waals surface area contributed by atoms with Crippen molar-refractivity contribution in [1.82, 2.24) is 5.32 Å². The summed E-state index contributed by atoms with van der Waals surface area (Å²) in [5.74, 6) is -4.77. The van der Waals surface area contributed by atoms with Gasteiger partial charge in [0.25, 0.3) is 0 Å². The average molecular weight is 834 g/mol. The largest absolute Gasteiger partial charge is 0.456 e. The number of fused-ring (bicyclic) bond motifs is 4. The predicted octanol–water partition coefficient (Wildman–Crippen LogP) is 4.26. The van der Waals surface area contributed by atoms with Crippen LogP contribution in [0.15, 0.2) is 71.8 Å². The number of benzene rings is 2. The summed E-state index contributed by atoms with van der Waals surface area (Å²) in [4.78, 5) is 67.5. The highest BCUT2D eigenvalue weighted by atomic mass is 16.6. The lowest BCUT2D eigenvalue weighted by atomic mass is 9.48. The molecule has 4 aliphatic carbocycles. The van der Waals surface area contributed by atoms with Gasteiger partial charge in [-0.25, -0.2) is 14.4 Å². The standard InChI is InChI=1S/C45H55NO14/c1-23-29(57-39(52)33(49)32(26-15-11-9-12-16-26)46-40(53)60-41(4,5)6)21-45(54)37(58-38(51)27-17-13-10-14-18-27)35-43(36(50)34(56-24(2)47)31(23)42(45,7)8)20-28(43)19-30-44(35,22-55-30)59-25(3)48/h9-18,28-30,32-37,49-50,54H,19-22H2,1-8H3,(H,46,53)/t28-,29?,30-,32+,33-,34-,35+,36?,37+,43-,44+,45-/m1/s1. The molecule has 324 valence electrons. The molecule has 1 heterocycles. The molecule has 2 unspecified atom stereocenters. The number of alkyl carbamates (subject to hydrolysis) is 1. The van der Waals surface area contributed by atoms with Crippen LogP contribution < -0.4 is 5.32 Å². The lowest BCUT2D eigenvalue weighted by Crippen LogP contribution is -2.78. The first-order valence-corrected chi connectivity index (χ1v) is 20.4. The summed E-state index contributed by atoms with van der Waals surface area (Å²) in [6.45, 7) is 12.3. The van der Waals surface area contributed by atoms with Gasteiger partial charge in [0.05, 0.1) is 24.1 Å². The zero-order valence-electron chi connectivity index (χ0n) is 35.1. The number of esters is 4. The zero-order chi connectivity index (χ0) is 43.7. The van der Waals surface area contributed by atoms with E-state index in [0.717, 1.165) is 0 Å². The smallest absolute Gasteiger partial charge is 0.408 e. The van der Waals surface area contributed by atoms with Crippen molar-refractivity contribution in [3.8, 4) is 0 Å². The van der Waals surface area contributed by atoms with E-state index in [-0.39, 0.29) is 23.7 Å². The molecule has 3 saturated carbocycles. The Morgan fingerprint density at radius 2 is 1.53 bits per heavy atom. The van der Waals surface area contributed by atoms with E-state index in [1.807, 2.05) is 0 Å². The van der Waals surface area contributed by atoms with E-state index >= 15 is 0 Å². The van der Waals surface area contributed by atoms with Gasteiger partial charge in [-0.05, 0) is 75.3 Å². The van der Waals surface area contributed by atoms with Gasteiger partial charge in [-0.15, -0.1) is 0 Å². The van der Waals surface area contributed by atoms with Crippen LogP contribution in [-0.2, 0) is 42.8 Å². The molecule has 1 amide bonds. The quantitative estimate of drug-likeness (QED) is 0.158. The fourth-order valence-electron chi connectivity index (χ4n) is 10.7. The highest BCUT2D eigenvalue weighted by Gasteiger charge is 2.83. The third kappa shape index (κ3) is 7.16. The van der Waals surface area contributed by atoms with E-state index in [4.69, 9.17) is 28.4 Å². The van der Waals surface area contributed by atoms with Crippen molar-refractivity contribution in [3.05, 3.63) is 82.9 Å². The second-order valence-electron chi connectivity index (χ2n) is 18.5. The van der Waals surface area contributed by atoms with Crippen molar-refractivity contribution in [2.45, 2.75) is 134 Å². The fourth-order valence-corrected chi connectivity index (χ4v) is 10.7. The molecular weight excluding hydrogens is 778 g/mol. The maximum Gasteiger partial charge on any atom is 0.408 e. The monoisotopic (exact) mass is 833 g/mol. The third-order valence-corrected chi connectivity index (χ3v) is 13.4. The molecule has 12 atom stereocenters. The number of nitrogens with one attached hydrogen (secondary N) is 1. The molecule has 2 aromatic rings. The molecule has 4 fully saturated rings. The Labute approximate surface area is 348 Å². The predicted molar refractivity (Wildman–Crippen MR) is 211 cm³/mol. The van der Waals surface area contributed by atoms with Crippen LogP contribution in [0.4, 0.5) is 4.79 Å². The van der Waals surface area contributed by atoms with Gasteiger partial charge in [-0.2, -0.15) is 0 Å². The van der Waals surface area contributed by atoms with Crippen LogP contribution in [0.25, 0.3) is 0 Å². The molecule has 2 aromatic carbocycles. The Balaban J connectivity index is 1.37. The molecule has 15 nitrogen and oxygen atoms in total. The van der Waals surface area contributed by atoms with Crippen LogP contribution >= 0.6 is 0 Å². The van der Waals surface area contributed by atoms with Gasteiger partial charge >= 0.3 is 30.0 Å². The minimum atomic E-state index is -2.20. The van der Waals surface area contributed by atoms with Gasteiger partial charge in [0.15, 0.2) is 17.8 Å². The van der Waals surface area contributed by atoms with E-state index in [0.29, 0.717) is 24.0 Å². The maximum absolute atomic E-state index is 14.3. The molecule has 0 radical (unpaired) electrons. The number of ether oxygens (including phenoxy) is 6. The molecule has 0 aromatic heterocycles. The molecular formula is C45H55NO14. The number of rotatable bonds is 9. The van der Waals surface area contributed by atoms with Crippen molar-refractivity contribution in [2.75, 3.05) is 6.61 Å². The first-order valence-electron chi connectivity index (χ1n) is 20.4. The fraction of sp³-hybridized carbons (Fsp3) is 0.578. The summed E-state index contributed by atoms with van der Waals surface area (Å²) >= 11 is 0. The number of carbonyl (C=O) groups excluding carboxylic acids is 5. The Bertz CT molecular complexity index is 2060. The first-order chi connectivity index (χ1) is 28.1. The number of hydrogen-bond acceptors (Lipinski definition) is 14. The van der Waals surface area contributed by atoms with E-state index in [9.17, 15) is 39.3 Å². The third-order valence-electron chi connectivity index (χ3n) is 13.4. The van der Waals surface area contributed by atoms with Crippen molar-refractivity contribution in [1.29, 1.82) is 0 Å². The second-order valence-corrected chi connectivity index (χ2v) is 18.5. The summed E-state index contributed by atoms with van der Waals surface area (Å²) < 4.78 is 36.3. The number of hydrogen-bond donors (Lipinski definition) is 4. The summed E-state index contributed by atoms with van der Waals surface area (Å²) in [6, 6.07) is 15.1. The highest BCUT2D eigenvalue weighted by molar-refractivity contribution is 5.89. The second kappa shape index (κ2) is 15.3. The Morgan fingerprint density at radius 1 is 0.900 bits per heavy atom. The zero-order valence-corrected chi connectivity index (χ0v) is 35.1. The topological polar surface area (TPSA) is 213 Å². The van der Waals surface area contributed by atoms with Gasteiger partial charge in [-0.1, -0.05) is 62.4 Å². The normalized spacial score (nSPS) is 34.5. The van der Waals surface area contributed by atoms with Gasteiger partial charge < -0.3 is 49.1 Å². The molecule has 1 saturated heterocycles. The Morgan fingerprint density at radius 3 is 2.10 bits per heavy atom. The lowest BCUT2D eigenvalue weighted by molar-refractivity contribution is -0.335. The van der Waals surface area contributed by atoms with Crippen molar-refractivity contribution in [2.24, 2.45) is 22.7 Å². The molecule has 60 heavy (non-hydrogen) atoms. The van der Waals surface area contributed by atoms with E-state index in [1.165, 1.54) is 13.8 Å². The molecule has 1 spiro atoms. The molecule has 2 bridgehead atoms. The number of aliphatic hydroxyl groups excluding tert-OH is 2. The van der Waals surface area contributed by atoms with Crippen LogP contribution in [0.5, 0.6) is 0 Å². The average Bonchev–Trinajstić information content (AvgIpc) is 3.90. The molecule has 4 N–H and O–H groups in total. The van der Waals surface area contributed by atoms with E-state index in [2.05, 4.69) is 5.32 Å². The van der Waals surface area contributed by atoms with Crippen LogP contribution in [0.2, 0.25) is 0 Å². The SMILES string of the molecule is CC(=O)O[C@@H]1C2=C(C)C(OC(=O)[C@H](O)[C@@H](NC(=O)OC(C)(C)C)c3ccccc3)C[C@@](O)([C@@H](OC(=O)c3ccccc3)[C@@H]3[C@]4(OC(C)=O)CO[C@@H]4C[C@@H]4C[C@@]43C1O)C2(C)C. The summed E-state index contributed by atoms with van der Waals surface area (Å²) in [6.07, 6.45) is -9.12. The number of amides is 1. The van der Waals surface area contributed by atoms with Crippen molar-refractivity contribution >= 4 is 30.0 Å². The van der Waals surface area contributed by atoms with Crippen LogP contribution in [0.1, 0.15) is 96.6 Å².